The lowest BCUT2D eigenvalue weighted by molar-refractivity contribution is 0.300. The van der Waals surface area contributed by atoms with E-state index in [-0.39, 0.29) is 12.2 Å². The highest BCUT2D eigenvalue weighted by Crippen LogP contribution is 2.34. The molecular weight excluding hydrogens is 389 g/mol. The molecule has 0 aliphatic carbocycles. The Bertz CT molecular complexity index is 1250. The number of rotatable bonds is 4. The summed E-state index contributed by atoms with van der Waals surface area (Å²) in [5.41, 5.74) is 2.69. The minimum Gasteiger partial charge on any atom is -0.487 e. The molecule has 0 fully saturated rings. The quantitative estimate of drug-likeness (QED) is 0.559. The van der Waals surface area contributed by atoms with Gasteiger partial charge in [-0.3, -0.25) is 14.3 Å². The highest BCUT2D eigenvalue weighted by atomic mass is 32.1. The van der Waals surface area contributed by atoms with E-state index in [1.54, 1.807) is 34.2 Å². The lowest BCUT2D eigenvalue weighted by atomic mass is 10.0. The molecule has 7 heteroatoms. The van der Waals surface area contributed by atoms with Gasteiger partial charge in [0.25, 0.3) is 5.56 Å². The molecule has 3 aromatic heterocycles. The van der Waals surface area contributed by atoms with E-state index in [0.29, 0.717) is 11.4 Å². The Balaban J connectivity index is 1.39. The molecule has 1 aliphatic rings. The monoisotopic (exact) mass is 407 g/mol. The summed E-state index contributed by atoms with van der Waals surface area (Å²) in [7, 11) is 0. The van der Waals surface area contributed by atoms with E-state index in [1.807, 2.05) is 6.07 Å². The van der Waals surface area contributed by atoms with Crippen molar-refractivity contribution in [2.45, 2.75) is 19.6 Å². The standard InChI is InChI=1S/C22H18FN3O2S/c23-14-1-2-15(25-11-14)13-28-17-6-8-26(22(27)10-17)16-3-4-18-19-5-7-24-12-21(19)29-20(18)9-16/h1-4,6,8-11,24H,5,7,12-13H2. The van der Waals surface area contributed by atoms with Crippen molar-refractivity contribution >= 4 is 21.4 Å². The average molecular weight is 407 g/mol. The van der Waals surface area contributed by atoms with Gasteiger partial charge >= 0.3 is 0 Å². The van der Waals surface area contributed by atoms with Crippen molar-refractivity contribution < 1.29 is 9.13 Å². The summed E-state index contributed by atoms with van der Waals surface area (Å²) in [5, 5.41) is 4.70. The number of thiophene rings is 1. The number of pyridine rings is 2. The largest absolute Gasteiger partial charge is 0.487 e. The van der Waals surface area contributed by atoms with Crippen LogP contribution in [-0.2, 0) is 19.6 Å². The fraction of sp³-hybridized carbons (Fsp3) is 0.182. The maximum atomic E-state index is 12.9. The Kier molecular flexibility index (Phi) is 4.61. The van der Waals surface area contributed by atoms with Gasteiger partial charge in [0.15, 0.2) is 0 Å². The van der Waals surface area contributed by atoms with E-state index in [0.717, 1.165) is 31.4 Å². The summed E-state index contributed by atoms with van der Waals surface area (Å²) in [6.45, 7) is 2.10. The second-order valence-corrected chi connectivity index (χ2v) is 8.07. The van der Waals surface area contributed by atoms with Crippen LogP contribution in [0, 0.1) is 5.82 Å². The molecule has 1 N–H and O–H groups in total. The zero-order valence-corrected chi connectivity index (χ0v) is 16.3. The van der Waals surface area contributed by atoms with Crippen molar-refractivity contribution in [1.29, 1.82) is 0 Å². The molecule has 146 valence electrons. The van der Waals surface area contributed by atoms with Crippen LogP contribution in [0.1, 0.15) is 16.1 Å². The molecule has 0 saturated heterocycles. The van der Waals surface area contributed by atoms with E-state index in [9.17, 15) is 9.18 Å². The second-order valence-electron chi connectivity index (χ2n) is 6.94. The third kappa shape index (κ3) is 3.54. The predicted octanol–water partition coefficient (Wildman–Crippen LogP) is 3.81. The summed E-state index contributed by atoms with van der Waals surface area (Å²) < 4.78 is 21.4. The highest BCUT2D eigenvalue weighted by molar-refractivity contribution is 7.19. The maximum absolute atomic E-state index is 12.9. The first kappa shape index (κ1) is 18.0. The van der Waals surface area contributed by atoms with Crippen molar-refractivity contribution in [3.8, 4) is 11.4 Å². The Morgan fingerprint density at radius 3 is 2.97 bits per heavy atom. The normalized spacial score (nSPS) is 13.4. The zero-order chi connectivity index (χ0) is 19.8. The Hall–Kier alpha value is -3.03. The van der Waals surface area contributed by atoms with Crippen molar-refractivity contribution in [2.75, 3.05) is 6.54 Å². The maximum Gasteiger partial charge on any atom is 0.258 e. The smallest absolute Gasteiger partial charge is 0.258 e. The van der Waals surface area contributed by atoms with Crippen LogP contribution in [0.25, 0.3) is 15.8 Å². The third-order valence-corrected chi connectivity index (χ3v) is 6.24. The summed E-state index contributed by atoms with van der Waals surface area (Å²) in [6.07, 6.45) is 3.90. The van der Waals surface area contributed by atoms with Crippen LogP contribution in [-0.4, -0.2) is 16.1 Å². The Morgan fingerprint density at radius 2 is 2.14 bits per heavy atom. The van der Waals surface area contributed by atoms with Crippen LogP contribution in [0.3, 0.4) is 0 Å². The second kappa shape index (κ2) is 7.42. The van der Waals surface area contributed by atoms with E-state index in [2.05, 4.69) is 22.4 Å². The summed E-state index contributed by atoms with van der Waals surface area (Å²) in [4.78, 5) is 18.0. The minimum absolute atomic E-state index is 0.170. The molecule has 0 bridgehead atoms. The topological polar surface area (TPSA) is 56.1 Å². The lowest BCUT2D eigenvalue weighted by Gasteiger charge is -2.12. The van der Waals surface area contributed by atoms with Gasteiger partial charge in [-0.25, -0.2) is 4.39 Å². The van der Waals surface area contributed by atoms with Gasteiger partial charge in [-0.1, -0.05) is 6.07 Å². The molecule has 1 aromatic carbocycles. The molecule has 4 heterocycles. The van der Waals surface area contributed by atoms with E-state index in [4.69, 9.17) is 4.74 Å². The van der Waals surface area contributed by atoms with E-state index >= 15 is 0 Å². The van der Waals surface area contributed by atoms with Crippen molar-refractivity contribution in [1.82, 2.24) is 14.9 Å². The number of ether oxygens (including phenoxy) is 1. The number of hydrogen-bond acceptors (Lipinski definition) is 5. The first-order valence-corrected chi connectivity index (χ1v) is 10.2. The van der Waals surface area contributed by atoms with Gasteiger partial charge in [0.1, 0.15) is 18.2 Å². The molecule has 1 aliphatic heterocycles. The first-order valence-electron chi connectivity index (χ1n) is 9.39. The van der Waals surface area contributed by atoms with Crippen molar-refractivity contribution in [3.05, 3.63) is 87.2 Å². The lowest BCUT2D eigenvalue weighted by Crippen LogP contribution is -2.21. The summed E-state index contributed by atoms with van der Waals surface area (Å²) in [5.74, 6) is 0.0623. The van der Waals surface area contributed by atoms with Crippen LogP contribution in [0.4, 0.5) is 4.39 Å². The number of nitrogens with one attached hydrogen (secondary N) is 1. The molecular formula is C22H18FN3O2S. The van der Waals surface area contributed by atoms with Crippen LogP contribution >= 0.6 is 11.3 Å². The predicted molar refractivity (Wildman–Crippen MR) is 111 cm³/mol. The number of halogens is 1. The SMILES string of the molecule is O=c1cc(OCc2ccc(F)cn2)ccn1-c1ccc2c3c(sc2c1)CNCC3. The van der Waals surface area contributed by atoms with Gasteiger partial charge in [0.05, 0.1) is 17.6 Å². The molecule has 0 atom stereocenters. The highest BCUT2D eigenvalue weighted by Gasteiger charge is 2.16. The summed E-state index contributed by atoms with van der Waals surface area (Å²) >= 11 is 1.79. The molecule has 0 saturated carbocycles. The van der Waals surface area contributed by atoms with Gasteiger partial charge in [0, 0.05) is 28.4 Å². The van der Waals surface area contributed by atoms with Crippen LogP contribution < -0.4 is 15.6 Å². The molecule has 0 unspecified atom stereocenters. The zero-order valence-electron chi connectivity index (χ0n) is 15.5. The van der Waals surface area contributed by atoms with E-state index < -0.39 is 5.82 Å². The molecule has 4 aromatic rings. The fourth-order valence-corrected chi connectivity index (χ4v) is 4.84. The van der Waals surface area contributed by atoms with Crippen molar-refractivity contribution in [2.24, 2.45) is 0 Å². The Labute approximate surface area is 170 Å². The first-order chi connectivity index (χ1) is 14.2. The molecule has 0 amide bonds. The van der Waals surface area contributed by atoms with Gasteiger partial charge in [-0.15, -0.1) is 11.3 Å². The number of aromatic nitrogens is 2. The molecule has 5 nitrogen and oxygen atoms in total. The fourth-order valence-electron chi connectivity index (χ4n) is 3.58. The van der Waals surface area contributed by atoms with Gasteiger partial charge in [-0.05, 0) is 54.2 Å². The van der Waals surface area contributed by atoms with Gasteiger partial charge < -0.3 is 10.1 Å². The molecule has 0 spiro atoms. The van der Waals surface area contributed by atoms with Gasteiger partial charge in [0.2, 0.25) is 0 Å². The minimum atomic E-state index is -0.392. The summed E-state index contributed by atoms with van der Waals surface area (Å²) in [6, 6.07) is 12.3. The molecule has 29 heavy (non-hydrogen) atoms. The Morgan fingerprint density at radius 1 is 1.21 bits per heavy atom. The average Bonchev–Trinajstić information content (AvgIpc) is 3.11. The van der Waals surface area contributed by atoms with E-state index in [1.165, 1.54) is 32.7 Å². The number of benzene rings is 1. The van der Waals surface area contributed by atoms with Crippen LogP contribution in [0.15, 0.2) is 59.7 Å². The van der Waals surface area contributed by atoms with Gasteiger partial charge in [-0.2, -0.15) is 0 Å². The van der Waals surface area contributed by atoms with Crippen molar-refractivity contribution in [3.63, 3.8) is 0 Å². The third-order valence-electron chi connectivity index (χ3n) is 5.04. The number of hydrogen-bond donors (Lipinski definition) is 1. The van der Waals surface area contributed by atoms with Crippen LogP contribution in [0.5, 0.6) is 5.75 Å². The number of nitrogens with zero attached hydrogens (tertiary/aromatic N) is 2. The number of fused-ring (bicyclic) bond motifs is 3. The molecule has 0 radical (unpaired) electrons. The van der Waals surface area contributed by atoms with Crippen LogP contribution in [0.2, 0.25) is 0 Å². The molecule has 5 rings (SSSR count).